The molecule has 2 aliphatic heterocycles. The number of hydrogen-bond donors (Lipinski definition) is 2. The monoisotopic (exact) mass is 327 g/mol. The van der Waals surface area contributed by atoms with Crippen molar-refractivity contribution < 1.29 is 9.47 Å². The van der Waals surface area contributed by atoms with Crippen molar-refractivity contribution in [3.05, 3.63) is 41.6 Å². The average Bonchev–Trinajstić information content (AvgIpc) is 3.24. The Morgan fingerprint density at radius 1 is 1.29 bits per heavy atom. The number of aromatic amines is 1. The van der Waals surface area contributed by atoms with Crippen molar-refractivity contribution in [2.75, 3.05) is 19.8 Å². The Kier molecular flexibility index (Phi) is 4.39. The number of H-pyrrole nitrogens is 1. The third kappa shape index (κ3) is 3.24. The summed E-state index contributed by atoms with van der Waals surface area (Å²) in [4.78, 5) is 0. The molecule has 1 spiro atoms. The molecule has 2 N–H and O–H groups in total. The summed E-state index contributed by atoms with van der Waals surface area (Å²) >= 11 is 0. The largest absolute Gasteiger partial charge is 0.378 e. The maximum Gasteiger partial charge on any atom is 0.0951 e. The van der Waals surface area contributed by atoms with Gasteiger partial charge in [-0.25, -0.2) is 0 Å². The van der Waals surface area contributed by atoms with Crippen molar-refractivity contribution in [1.82, 2.24) is 15.5 Å². The smallest absolute Gasteiger partial charge is 0.0951 e. The standard InChI is InChI=1S/C19H25N3O2/c1-14-2-4-15(5-3-14)18-16(12-21-22-18)11-20-17-6-8-24-19(10-17)7-9-23-13-19/h2-5,12,17,20H,6-11,13H2,1H3,(H,21,22)/t17-,19-/m0/s1. The third-order valence-electron chi connectivity index (χ3n) is 5.20. The molecule has 0 saturated carbocycles. The number of rotatable bonds is 4. The lowest BCUT2D eigenvalue weighted by Gasteiger charge is -2.37. The normalized spacial score (nSPS) is 27.0. The van der Waals surface area contributed by atoms with Crippen LogP contribution in [-0.4, -0.2) is 41.7 Å². The van der Waals surface area contributed by atoms with E-state index in [4.69, 9.17) is 9.47 Å². The first-order valence-electron chi connectivity index (χ1n) is 8.78. The van der Waals surface area contributed by atoms with Crippen LogP contribution in [0.25, 0.3) is 11.3 Å². The molecule has 2 aromatic rings. The Balaban J connectivity index is 1.41. The van der Waals surface area contributed by atoms with E-state index < -0.39 is 0 Å². The summed E-state index contributed by atoms with van der Waals surface area (Å²) in [6, 6.07) is 9.03. The van der Waals surface area contributed by atoms with Crippen LogP contribution < -0.4 is 5.32 Å². The Morgan fingerprint density at radius 2 is 2.17 bits per heavy atom. The molecule has 2 aliphatic rings. The molecule has 2 fully saturated rings. The van der Waals surface area contributed by atoms with E-state index in [1.807, 2.05) is 6.20 Å². The van der Waals surface area contributed by atoms with Crippen molar-refractivity contribution in [3.8, 4) is 11.3 Å². The first kappa shape index (κ1) is 15.8. The van der Waals surface area contributed by atoms with E-state index >= 15 is 0 Å². The number of benzene rings is 1. The van der Waals surface area contributed by atoms with Crippen LogP contribution in [0.1, 0.15) is 30.4 Å². The van der Waals surface area contributed by atoms with E-state index in [0.29, 0.717) is 6.04 Å². The maximum atomic E-state index is 6.01. The molecule has 0 aliphatic carbocycles. The van der Waals surface area contributed by atoms with E-state index in [-0.39, 0.29) is 5.60 Å². The second-order valence-electron chi connectivity index (χ2n) is 7.04. The van der Waals surface area contributed by atoms with Crippen LogP contribution in [0.4, 0.5) is 0 Å². The number of aryl methyl sites for hydroxylation is 1. The van der Waals surface area contributed by atoms with E-state index in [1.165, 1.54) is 16.7 Å². The molecule has 2 saturated heterocycles. The highest BCUT2D eigenvalue weighted by Gasteiger charge is 2.40. The fourth-order valence-electron chi connectivity index (χ4n) is 3.73. The van der Waals surface area contributed by atoms with Crippen molar-refractivity contribution in [2.45, 2.75) is 44.4 Å². The Labute approximate surface area is 142 Å². The summed E-state index contributed by atoms with van der Waals surface area (Å²) in [7, 11) is 0. The lowest BCUT2D eigenvalue weighted by atomic mass is 9.89. The van der Waals surface area contributed by atoms with Gasteiger partial charge in [0, 0.05) is 37.8 Å². The highest BCUT2D eigenvalue weighted by Crippen LogP contribution is 2.33. The fourth-order valence-corrected chi connectivity index (χ4v) is 3.73. The van der Waals surface area contributed by atoms with Crippen LogP contribution in [0, 0.1) is 6.92 Å². The summed E-state index contributed by atoms with van der Waals surface area (Å²) in [5.74, 6) is 0. The van der Waals surface area contributed by atoms with Gasteiger partial charge in [0.05, 0.1) is 24.1 Å². The zero-order valence-electron chi connectivity index (χ0n) is 14.2. The molecule has 5 nitrogen and oxygen atoms in total. The third-order valence-corrected chi connectivity index (χ3v) is 5.20. The summed E-state index contributed by atoms with van der Waals surface area (Å²) in [5, 5.41) is 11.1. The first-order chi connectivity index (χ1) is 11.7. The molecule has 0 amide bonds. The quantitative estimate of drug-likeness (QED) is 0.906. The van der Waals surface area contributed by atoms with E-state index in [0.717, 1.165) is 51.3 Å². The predicted molar refractivity (Wildman–Crippen MR) is 92.7 cm³/mol. The molecule has 1 aromatic heterocycles. The molecule has 4 rings (SSSR count). The summed E-state index contributed by atoms with van der Waals surface area (Å²) in [6.07, 6.45) is 5.03. The number of aromatic nitrogens is 2. The highest BCUT2D eigenvalue weighted by atomic mass is 16.6. The van der Waals surface area contributed by atoms with E-state index in [2.05, 4.69) is 46.7 Å². The van der Waals surface area contributed by atoms with Gasteiger partial charge in [0.2, 0.25) is 0 Å². The highest BCUT2D eigenvalue weighted by molar-refractivity contribution is 5.62. The fraction of sp³-hybridized carbons (Fsp3) is 0.526. The van der Waals surface area contributed by atoms with Crippen LogP contribution in [-0.2, 0) is 16.0 Å². The zero-order valence-corrected chi connectivity index (χ0v) is 14.2. The van der Waals surface area contributed by atoms with Gasteiger partial charge in [-0.05, 0) is 25.3 Å². The van der Waals surface area contributed by atoms with Crippen LogP contribution in [0.15, 0.2) is 30.5 Å². The van der Waals surface area contributed by atoms with Crippen molar-refractivity contribution in [2.24, 2.45) is 0 Å². The first-order valence-corrected chi connectivity index (χ1v) is 8.78. The lowest BCUT2D eigenvalue weighted by molar-refractivity contribution is -0.0894. The van der Waals surface area contributed by atoms with Gasteiger partial charge in [0.15, 0.2) is 0 Å². The molecular weight excluding hydrogens is 302 g/mol. The van der Waals surface area contributed by atoms with Gasteiger partial charge in [-0.3, -0.25) is 5.10 Å². The van der Waals surface area contributed by atoms with Gasteiger partial charge >= 0.3 is 0 Å². The summed E-state index contributed by atoms with van der Waals surface area (Å²) < 4.78 is 11.6. The minimum absolute atomic E-state index is 0.0495. The second kappa shape index (κ2) is 6.67. The van der Waals surface area contributed by atoms with Gasteiger partial charge in [-0.15, -0.1) is 0 Å². The van der Waals surface area contributed by atoms with Crippen LogP contribution >= 0.6 is 0 Å². The molecule has 0 unspecified atom stereocenters. The molecule has 3 heterocycles. The molecule has 0 radical (unpaired) electrons. The Morgan fingerprint density at radius 3 is 2.96 bits per heavy atom. The van der Waals surface area contributed by atoms with Crippen LogP contribution in [0.3, 0.4) is 0 Å². The van der Waals surface area contributed by atoms with Gasteiger partial charge in [-0.2, -0.15) is 5.10 Å². The average molecular weight is 327 g/mol. The van der Waals surface area contributed by atoms with Crippen molar-refractivity contribution >= 4 is 0 Å². The van der Waals surface area contributed by atoms with Crippen molar-refractivity contribution in [1.29, 1.82) is 0 Å². The topological polar surface area (TPSA) is 59.2 Å². The Hall–Kier alpha value is -1.69. The molecule has 128 valence electrons. The Bertz CT molecular complexity index is 674. The summed E-state index contributed by atoms with van der Waals surface area (Å²) in [6.45, 7) is 5.31. The number of nitrogens with zero attached hydrogens (tertiary/aromatic N) is 1. The minimum atomic E-state index is -0.0495. The molecular formula is C19H25N3O2. The SMILES string of the molecule is Cc1ccc(-c2[nH]ncc2CN[C@H]2CCO[C@@]3(CCOC3)C2)cc1. The predicted octanol–water partition coefficient (Wildman–Crippen LogP) is 2.81. The van der Waals surface area contributed by atoms with Gasteiger partial charge in [0.1, 0.15) is 0 Å². The molecule has 5 heteroatoms. The van der Waals surface area contributed by atoms with E-state index in [9.17, 15) is 0 Å². The number of nitrogens with one attached hydrogen (secondary N) is 2. The van der Waals surface area contributed by atoms with E-state index in [1.54, 1.807) is 0 Å². The second-order valence-corrected chi connectivity index (χ2v) is 7.04. The summed E-state index contributed by atoms with van der Waals surface area (Å²) in [5.41, 5.74) is 4.72. The van der Waals surface area contributed by atoms with Crippen LogP contribution in [0.2, 0.25) is 0 Å². The number of hydrogen-bond acceptors (Lipinski definition) is 4. The number of ether oxygens (including phenoxy) is 2. The molecule has 0 bridgehead atoms. The van der Waals surface area contributed by atoms with Crippen LogP contribution in [0.5, 0.6) is 0 Å². The van der Waals surface area contributed by atoms with Gasteiger partial charge in [0.25, 0.3) is 0 Å². The zero-order chi connectivity index (χ0) is 16.4. The van der Waals surface area contributed by atoms with Gasteiger partial charge < -0.3 is 14.8 Å². The minimum Gasteiger partial charge on any atom is -0.378 e. The lowest BCUT2D eigenvalue weighted by Crippen LogP contribution is -2.47. The van der Waals surface area contributed by atoms with Crippen molar-refractivity contribution in [3.63, 3.8) is 0 Å². The van der Waals surface area contributed by atoms with Gasteiger partial charge in [-0.1, -0.05) is 29.8 Å². The molecule has 2 atom stereocenters. The molecule has 1 aromatic carbocycles. The maximum absolute atomic E-state index is 6.01. The molecule has 24 heavy (non-hydrogen) atoms.